The smallest absolute Gasteiger partial charge is 0.341 e. The Hall–Kier alpha value is -2.93. The van der Waals surface area contributed by atoms with Crippen LogP contribution in [0.15, 0.2) is 39.5 Å². The van der Waals surface area contributed by atoms with E-state index in [1.165, 1.54) is 18.4 Å². The van der Waals surface area contributed by atoms with Crippen molar-refractivity contribution in [3.63, 3.8) is 0 Å². The first-order valence-corrected chi connectivity index (χ1v) is 11.0. The van der Waals surface area contributed by atoms with Crippen molar-refractivity contribution >= 4 is 17.0 Å². The summed E-state index contributed by atoms with van der Waals surface area (Å²) in [5, 5.41) is 10.7. The molecule has 7 heteroatoms. The van der Waals surface area contributed by atoms with E-state index in [1.807, 2.05) is 32.0 Å². The highest BCUT2D eigenvalue weighted by molar-refractivity contribution is 5.84. The summed E-state index contributed by atoms with van der Waals surface area (Å²) < 4.78 is 5.31. The molecule has 7 nitrogen and oxygen atoms in total. The molecule has 1 aliphatic heterocycles. The maximum Gasteiger partial charge on any atom is 0.341 e. The van der Waals surface area contributed by atoms with E-state index in [0.29, 0.717) is 12.1 Å². The van der Waals surface area contributed by atoms with Gasteiger partial charge >= 0.3 is 5.63 Å². The number of fused-ring (bicyclic) bond motifs is 1. The van der Waals surface area contributed by atoms with Crippen LogP contribution in [-0.2, 0) is 11.2 Å². The summed E-state index contributed by atoms with van der Waals surface area (Å²) in [6.07, 6.45) is 2.33. The van der Waals surface area contributed by atoms with Gasteiger partial charge in [0, 0.05) is 12.2 Å². The number of rotatable bonds is 6. The molecule has 1 fully saturated rings. The minimum atomic E-state index is -0.503. The van der Waals surface area contributed by atoms with Gasteiger partial charge in [-0.05, 0) is 56.8 Å². The van der Waals surface area contributed by atoms with Crippen LogP contribution in [-0.4, -0.2) is 40.6 Å². The van der Waals surface area contributed by atoms with Gasteiger partial charge in [0.1, 0.15) is 0 Å². The van der Waals surface area contributed by atoms with E-state index in [2.05, 4.69) is 39.5 Å². The molecule has 1 amide bonds. The molecule has 0 bridgehead atoms. The van der Waals surface area contributed by atoms with Crippen LogP contribution >= 0.6 is 0 Å². The van der Waals surface area contributed by atoms with Gasteiger partial charge < -0.3 is 9.73 Å². The van der Waals surface area contributed by atoms with Crippen molar-refractivity contribution < 1.29 is 9.21 Å². The molecule has 4 rings (SSSR count). The second-order valence-corrected chi connectivity index (χ2v) is 8.65. The molecule has 31 heavy (non-hydrogen) atoms. The molecule has 0 unspecified atom stereocenters. The first-order chi connectivity index (χ1) is 14.9. The van der Waals surface area contributed by atoms with Crippen molar-refractivity contribution in [3.8, 4) is 0 Å². The third kappa shape index (κ3) is 4.56. The number of hydrogen-bond acceptors (Lipinski definition) is 5. The number of benzene rings is 1. The lowest BCUT2D eigenvalue weighted by molar-refractivity contribution is -0.120. The van der Waals surface area contributed by atoms with Gasteiger partial charge in [-0.2, -0.15) is 0 Å². The number of aryl methyl sites for hydroxylation is 2. The van der Waals surface area contributed by atoms with Crippen molar-refractivity contribution in [2.24, 2.45) is 5.92 Å². The Morgan fingerprint density at radius 1 is 1.26 bits per heavy atom. The number of hydrogen-bond donors (Lipinski definition) is 2. The van der Waals surface area contributed by atoms with Gasteiger partial charge in [0.15, 0.2) is 0 Å². The van der Waals surface area contributed by atoms with Gasteiger partial charge in [-0.3, -0.25) is 14.8 Å². The molecule has 1 aromatic carbocycles. The number of aromatic nitrogens is 2. The number of nitrogens with one attached hydrogen (secondary N) is 2. The fraction of sp³-hybridized carbons (Fsp3) is 0.458. The zero-order valence-electron chi connectivity index (χ0n) is 18.4. The van der Waals surface area contributed by atoms with Crippen LogP contribution in [0.1, 0.15) is 48.2 Å². The van der Waals surface area contributed by atoms with Crippen LogP contribution in [0, 0.1) is 19.8 Å². The van der Waals surface area contributed by atoms with Gasteiger partial charge in [-0.25, -0.2) is 4.79 Å². The number of H-pyrrole nitrogens is 1. The van der Waals surface area contributed by atoms with E-state index in [0.717, 1.165) is 35.7 Å². The molecule has 3 heterocycles. The standard InChI is InChI=1S/C24H30N4O3/c1-15-9-11-28(12-10-15)20(18-7-5-4-6-8-18)14-25-21(29)13-19-16(2)22-17(3)26-27-23(22)31-24(19)30/h4-8,15,20H,9-14H2,1-3H3,(H,25,29)(H,26,27)/t20-/m1/s1. The molecule has 164 valence electrons. The first kappa shape index (κ1) is 21.3. The minimum Gasteiger partial charge on any atom is -0.402 e. The fourth-order valence-electron chi connectivity index (χ4n) is 4.49. The van der Waals surface area contributed by atoms with Crippen molar-refractivity contribution in [1.82, 2.24) is 20.4 Å². The Bertz CT molecular complexity index is 1110. The summed E-state index contributed by atoms with van der Waals surface area (Å²) >= 11 is 0. The summed E-state index contributed by atoms with van der Waals surface area (Å²) in [7, 11) is 0. The number of aromatic amines is 1. The summed E-state index contributed by atoms with van der Waals surface area (Å²) in [5.41, 5.74) is 2.93. The van der Waals surface area contributed by atoms with Crippen molar-refractivity contribution in [2.75, 3.05) is 19.6 Å². The summed E-state index contributed by atoms with van der Waals surface area (Å²) in [5.74, 6) is 0.563. The van der Waals surface area contributed by atoms with Gasteiger partial charge in [0.2, 0.25) is 11.6 Å². The van der Waals surface area contributed by atoms with Gasteiger partial charge in [-0.15, -0.1) is 5.10 Å². The largest absolute Gasteiger partial charge is 0.402 e. The van der Waals surface area contributed by atoms with E-state index in [1.54, 1.807) is 0 Å². The van der Waals surface area contributed by atoms with Crippen LogP contribution in [0.5, 0.6) is 0 Å². The lowest BCUT2D eigenvalue weighted by atomic mass is 9.95. The molecule has 0 aliphatic carbocycles. The second-order valence-electron chi connectivity index (χ2n) is 8.65. The van der Waals surface area contributed by atoms with Crippen LogP contribution in [0.25, 0.3) is 11.1 Å². The fourth-order valence-corrected chi connectivity index (χ4v) is 4.49. The van der Waals surface area contributed by atoms with Gasteiger partial charge in [0.25, 0.3) is 0 Å². The molecular formula is C24H30N4O3. The molecule has 1 atom stereocenters. The number of carbonyl (C=O) groups excluding carboxylic acids is 1. The van der Waals surface area contributed by atoms with Crippen LogP contribution < -0.4 is 10.9 Å². The molecule has 0 spiro atoms. The lowest BCUT2D eigenvalue weighted by Crippen LogP contribution is -2.42. The third-order valence-corrected chi connectivity index (χ3v) is 6.45. The molecule has 0 saturated carbocycles. The SMILES string of the molecule is Cc1[nH]nc2oc(=O)c(CC(=O)NC[C@H](c3ccccc3)N3CCC(C)CC3)c(C)c12. The normalized spacial score (nSPS) is 16.5. The Balaban J connectivity index is 1.49. The number of likely N-dealkylation sites (tertiary alicyclic amines) is 1. The van der Waals surface area contributed by atoms with Crippen molar-refractivity contribution in [3.05, 3.63) is 63.1 Å². The van der Waals surface area contributed by atoms with Crippen LogP contribution in [0.2, 0.25) is 0 Å². The summed E-state index contributed by atoms with van der Waals surface area (Å²) in [4.78, 5) is 27.7. The van der Waals surface area contributed by atoms with E-state index < -0.39 is 5.63 Å². The topological polar surface area (TPSA) is 91.2 Å². The number of nitrogens with zero attached hydrogens (tertiary/aromatic N) is 2. The molecular weight excluding hydrogens is 392 g/mol. The first-order valence-electron chi connectivity index (χ1n) is 11.0. The maximum absolute atomic E-state index is 12.8. The maximum atomic E-state index is 12.8. The predicted molar refractivity (Wildman–Crippen MR) is 120 cm³/mol. The zero-order valence-corrected chi connectivity index (χ0v) is 18.4. The van der Waals surface area contributed by atoms with Crippen LogP contribution in [0.4, 0.5) is 0 Å². The van der Waals surface area contributed by atoms with Crippen LogP contribution in [0.3, 0.4) is 0 Å². The van der Waals surface area contributed by atoms with Crippen molar-refractivity contribution in [2.45, 2.75) is 46.1 Å². The second kappa shape index (κ2) is 9.06. The Morgan fingerprint density at radius 2 is 1.97 bits per heavy atom. The highest BCUT2D eigenvalue weighted by Gasteiger charge is 2.25. The monoisotopic (exact) mass is 422 g/mol. The highest BCUT2D eigenvalue weighted by atomic mass is 16.4. The third-order valence-electron chi connectivity index (χ3n) is 6.45. The molecule has 0 radical (unpaired) electrons. The average Bonchev–Trinajstić information content (AvgIpc) is 3.13. The van der Waals surface area contributed by atoms with Crippen molar-refractivity contribution in [1.29, 1.82) is 0 Å². The van der Waals surface area contributed by atoms with E-state index in [-0.39, 0.29) is 24.1 Å². The number of amides is 1. The highest BCUT2D eigenvalue weighted by Crippen LogP contribution is 2.26. The van der Waals surface area contributed by atoms with E-state index in [9.17, 15) is 9.59 Å². The zero-order chi connectivity index (χ0) is 22.0. The molecule has 2 N–H and O–H groups in total. The lowest BCUT2D eigenvalue weighted by Gasteiger charge is -2.37. The van der Waals surface area contributed by atoms with Gasteiger partial charge in [-0.1, -0.05) is 37.3 Å². The summed E-state index contributed by atoms with van der Waals surface area (Å²) in [6, 6.07) is 10.4. The quantitative estimate of drug-likeness (QED) is 0.636. The van der Waals surface area contributed by atoms with E-state index in [4.69, 9.17) is 4.42 Å². The van der Waals surface area contributed by atoms with E-state index >= 15 is 0 Å². The number of piperidine rings is 1. The Morgan fingerprint density at radius 3 is 2.68 bits per heavy atom. The predicted octanol–water partition coefficient (Wildman–Crippen LogP) is 3.26. The molecule has 2 aromatic heterocycles. The summed E-state index contributed by atoms with van der Waals surface area (Å²) in [6.45, 7) is 8.56. The number of carbonyl (C=O) groups is 1. The molecule has 1 saturated heterocycles. The molecule has 1 aliphatic rings. The van der Waals surface area contributed by atoms with Gasteiger partial charge in [0.05, 0.1) is 23.4 Å². The molecule has 3 aromatic rings. The Kier molecular flexibility index (Phi) is 6.23. The Labute approximate surface area is 181 Å². The average molecular weight is 423 g/mol. The minimum absolute atomic E-state index is 0.00668.